The lowest BCUT2D eigenvalue weighted by atomic mass is 10.0. The third-order valence-electron chi connectivity index (χ3n) is 3.45. The number of benzene rings is 1. The predicted molar refractivity (Wildman–Crippen MR) is 89.9 cm³/mol. The SMILES string of the molecule is COC(=O)C(Cc1ccccc1)N(CP(=O)(O)O)C(=O)C(N)CC(=O)O. The van der Waals surface area contributed by atoms with Gasteiger partial charge in [0.25, 0.3) is 0 Å². The molecule has 11 heteroatoms. The second-order valence-electron chi connectivity index (χ2n) is 5.55. The van der Waals surface area contributed by atoms with Crippen molar-refractivity contribution in [2.45, 2.75) is 24.9 Å². The second-order valence-corrected chi connectivity index (χ2v) is 7.16. The van der Waals surface area contributed by atoms with Crippen LogP contribution in [0.1, 0.15) is 12.0 Å². The largest absolute Gasteiger partial charge is 0.481 e. The van der Waals surface area contributed by atoms with E-state index >= 15 is 0 Å². The third kappa shape index (κ3) is 6.93. The summed E-state index contributed by atoms with van der Waals surface area (Å²) in [6, 6.07) is 5.49. The molecule has 1 amide bonds. The van der Waals surface area contributed by atoms with Crippen LogP contribution >= 0.6 is 7.60 Å². The summed E-state index contributed by atoms with van der Waals surface area (Å²) in [4.78, 5) is 54.6. The Labute approximate surface area is 149 Å². The maximum absolute atomic E-state index is 12.5. The molecule has 0 aliphatic heterocycles. The van der Waals surface area contributed by atoms with E-state index in [0.29, 0.717) is 10.5 Å². The minimum Gasteiger partial charge on any atom is -0.481 e. The zero-order valence-electron chi connectivity index (χ0n) is 14.0. The molecule has 0 heterocycles. The summed E-state index contributed by atoms with van der Waals surface area (Å²) in [6.45, 7) is 0. The van der Waals surface area contributed by atoms with Crippen molar-refractivity contribution in [3.8, 4) is 0 Å². The topological polar surface area (TPSA) is 167 Å². The molecule has 1 aromatic carbocycles. The Kier molecular flexibility index (Phi) is 7.91. The first-order valence-corrected chi connectivity index (χ1v) is 9.29. The van der Waals surface area contributed by atoms with Crippen LogP contribution in [0, 0.1) is 0 Å². The number of carbonyl (C=O) groups is 3. The van der Waals surface area contributed by atoms with E-state index in [1.54, 1.807) is 30.3 Å². The van der Waals surface area contributed by atoms with Crippen molar-refractivity contribution >= 4 is 25.4 Å². The van der Waals surface area contributed by atoms with E-state index in [2.05, 4.69) is 4.74 Å². The van der Waals surface area contributed by atoms with Gasteiger partial charge in [0, 0.05) is 6.42 Å². The molecule has 0 aromatic heterocycles. The summed E-state index contributed by atoms with van der Waals surface area (Å²) in [6.07, 6.45) is -1.93. The van der Waals surface area contributed by atoms with Crippen molar-refractivity contribution in [1.29, 1.82) is 0 Å². The lowest BCUT2D eigenvalue weighted by Crippen LogP contribution is -2.53. The maximum atomic E-state index is 12.5. The molecule has 0 bridgehead atoms. The van der Waals surface area contributed by atoms with Gasteiger partial charge in [0.2, 0.25) is 5.91 Å². The van der Waals surface area contributed by atoms with Crippen LogP contribution in [-0.2, 0) is 30.1 Å². The van der Waals surface area contributed by atoms with Crippen LogP contribution in [0.5, 0.6) is 0 Å². The van der Waals surface area contributed by atoms with Crippen molar-refractivity contribution in [1.82, 2.24) is 4.90 Å². The molecule has 0 saturated heterocycles. The Hall–Kier alpha value is -2.26. The standard InChI is InChI=1S/C15H21N2O8P/c1-25-15(21)12(7-10-5-3-2-4-6-10)17(9-26(22,23)24)14(20)11(16)8-13(18)19/h2-6,11-12H,7-9,16H2,1H3,(H,18,19)(H2,22,23,24). The number of hydrogen-bond donors (Lipinski definition) is 4. The first-order chi connectivity index (χ1) is 12.0. The second kappa shape index (κ2) is 9.44. The van der Waals surface area contributed by atoms with Crippen LogP contribution in [0.3, 0.4) is 0 Å². The predicted octanol–water partition coefficient (Wildman–Crippen LogP) is -0.463. The fraction of sp³-hybridized carbons (Fsp3) is 0.400. The van der Waals surface area contributed by atoms with Gasteiger partial charge in [-0.3, -0.25) is 14.2 Å². The normalized spacial score (nSPS) is 13.5. The van der Waals surface area contributed by atoms with Crippen LogP contribution in [0.25, 0.3) is 0 Å². The van der Waals surface area contributed by atoms with E-state index in [1.807, 2.05) is 0 Å². The summed E-state index contributed by atoms with van der Waals surface area (Å²) in [7, 11) is -3.70. The first-order valence-electron chi connectivity index (χ1n) is 7.49. The number of methoxy groups -OCH3 is 1. The highest BCUT2D eigenvalue weighted by atomic mass is 31.2. The maximum Gasteiger partial charge on any atom is 0.344 e. The molecule has 0 fully saturated rings. The Morgan fingerprint density at radius 1 is 1.23 bits per heavy atom. The molecule has 144 valence electrons. The van der Waals surface area contributed by atoms with Crippen LogP contribution < -0.4 is 5.73 Å². The molecule has 0 radical (unpaired) electrons. The van der Waals surface area contributed by atoms with Crippen molar-refractivity contribution < 1.29 is 38.6 Å². The number of amides is 1. The molecule has 10 nitrogen and oxygen atoms in total. The summed E-state index contributed by atoms with van der Waals surface area (Å²) >= 11 is 0. The highest BCUT2D eigenvalue weighted by Crippen LogP contribution is 2.36. The highest BCUT2D eigenvalue weighted by Gasteiger charge is 2.37. The Bertz CT molecular complexity index is 690. The molecule has 5 N–H and O–H groups in total. The zero-order chi connectivity index (χ0) is 19.9. The van der Waals surface area contributed by atoms with E-state index in [-0.39, 0.29) is 6.42 Å². The molecular formula is C15H21N2O8P. The number of carbonyl (C=O) groups excluding carboxylic acids is 2. The van der Waals surface area contributed by atoms with Gasteiger partial charge in [-0.05, 0) is 5.56 Å². The summed E-state index contributed by atoms with van der Waals surface area (Å²) < 4.78 is 16.1. The van der Waals surface area contributed by atoms with Crippen LogP contribution in [-0.4, -0.2) is 63.1 Å². The van der Waals surface area contributed by atoms with E-state index in [0.717, 1.165) is 7.11 Å². The number of esters is 1. The molecule has 2 unspecified atom stereocenters. The number of aliphatic carboxylic acids is 1. The van der Waals surface area contributed by atoms with Crippen LogP contribution in [0.15, 0.2) is 30.3 Å². The fourth-order valence-electron chi connectivity index (χ4n) is 2.30. The third-order valence-corrected chi connectivity index (χ3v) is 4.13. The molecular weight excluding hydrogens is 367 g/mol. The quantitative estimate of drug-likeness (QED) is 0.323. The number of carboxylic acid groups (broad SMARTS) is 1. The Balaban J connectivity index is 3.23. The fourth-order valence-corrected chi connectivity index (χ4v) is 3.04. The average molecular weight is 388 g/mol. The molecule has 0 spiro atoms. The number of carboxylic acids is 1. The monoisotopic (exact) mass is 388 g/mol. The molecule has 0 aliphatic carbocycles. The average Bonchev–Trinajstić information content (AvgIpc) is 2.56. The molecule has 1 rings (SSSR count). The van der Waals surface area contributed by atoms with E-state index in [4.69, 9.17) is 10.8 Å². The first kappa shape index (κ1) is 21.8. The van der Waals surface area contributed by atoms with Crippen molar-refractivity contribution in [2.75, 3.05) is 13.4 Å². The highest BCUT2D eigenvalue weighted by molar-refractivity contribution is 7.51. The van der Waals surface area contributed by atoms with Gasteiger partial charge >= 0.3 is 19.5 Å². The molecule has 0 saturated carbocycles. The lowest BCUT2D eigenvalue weighted by molar-refractivity contribution is -0.153. The van der Waals surface area contributed by atoms with Gasteiger partial charge < -0.3 is 30.3 Å². The van der Waals surface area contributed by atoms with Crippen molar-refractivity contribution in [3.05, 3.63) is 35.9 Å². The van der Waals surface area contributed by atoms with Gasteiger partial charge in [-0.1, -0.05) is 30.3 Å². The minimum atomic E-state index is -4.76. The van der Waals surface area contributed by atoms with Crippen molar-refractivity contribution in [3.63, 3.8) is 0 Å². The molecule has 26 heavy (non-hydrogen) atoms. The Morgan fingerprint density at radius 3 is 2.27 bits per heavy atom. The lowest BCUT2D eigenvalue weighted by Gasteiger charge is -2.31. The van der Waals surface area contributed by atoms with Gasteiger partial charge in [0.05, 0.1) is 19.6 Å². The van der Waals surface area contributed by atoms with Gasteiger partial charge in [0.15, 0.2) is 0 Å². The van der Waals surface area contributed by atoms with E-state index in [9.17, 15) is 28.7 Å². The van der Waals surface area contributed by atoms with Crippen LogP contribution in [0.2, 0.25) is 0 Å². The summed E-state index contributed by atoms with van der Waals surface area (Å²) in [5.74, 6) is -3.33. The van der Waals surface area contributed by atoms with Gasteiger partial charge in [0.1, 0.15) is 12.3 Å². The minimum absolute atomic E-state index is 0.0843. The Morgan fingerprint density at radius 2 is 1.81 bits per heavy atom. The van der Waals surface area contributed by atoms with Gasteiger partial charge in [-0.2, -0.15) is 0 Å². The number of nitrogens with zero attached hydrogens (tertiary/aromatic N) is 1. The van der Waals surface area contributed by atoms with E-state index < -0.39 is 50.2 Å². The molecule has 0 aliphatic rings. The zero-order valence-corrected chi connectivity index (χ0v) is 14.9. The number of nitrogens with two attached hydrogens (primary N) is 1. The smallest absolute Gasteiger partial charge is 0.344 e. The summed E-state index contributed by atoms with van der Waals surface area (Å²) in [5.41, 5.74) is 6.14. The number of hydrogen-bond acceptors (Lipinski definition) is 6. The van der Waals surface area contributed by atoms with Crippen LogP contribution in [0.4, 0.5) is 0 Å². The number of ether oxygens (including phenoxy) is 1. The van der Waals surface area contributed by atoms with Crippen molar-refractivity contribution in [2.24, 2.45) is 5.73 Å². The molecule has 2 atom stereocenters. The van der Waals surface area contributed by atoms with Gasteiger partial charge in [-0.25, -0.2) is 4.79 Å². The summed E-state index contributed by atoms with van der Waals surface area (Å²) in [5, 5.41) is 8.78. The van der Waals surface area contributed by atoms with E-state index in [1.165, 1.54) is 0 Å². The number of rotatable bonds is 9. The van der Waals surface area contributed by atoms with Gasteiger partial charge in [-0.15, -0.1) is 0 Å². The molecule has 1 aromatic rings.